The third-order valence-corrected chi connectivity index (χ3v) is 6.00. The summed E-state index contributed by atoms with van der Waals surface area (Å²) in [4.78, 5) is 24.8. The van der Waals surface area contributed by atoms with Crippen molar-refractivity contribution < 1.29 is 19.4 Å². The first-order valence-electron chi connectivity index (χ1n) is 12.0. The molecule has 4 aromatic rings. The van der Waals surface area contributed by atoms with Crippen LogP contribution in [0, 0.1) is 6.92 Å². The topological polar surface area (TPSA) is 87.7 Å². The number of hydrogen-bond acceptors (Lipinski definition) is 3. The van der Waals surface area contributed by atoms with Gasteiger partial charge in [0.25, 0.3) is 0 Å². The van der Waals surface area contributed by atoms with E-state index in [2.05, 4.69) is 31.4 Å². The van der Waals surface area contributed by atoms with E-state index in [1.54, 1.807) is 42.5 Å². The van der Waals surface area contributed by atoms with Crippen LogP contribution in [0.25, 0.3) is 11.1 Å². The molecule has 0 aliphatic rings. The number of para-hydroxylation sites is 2. The van der Waals surface area contributed by atoms with E-state index in [9.17, 15) is 14.7 Å². The molecule has 4 rings (SSSR count). The lowest BCUT2D eigenvalue weighted by atomic mass is 9.86. The monoisotopic (exact) mass is 494 g/mol. The van der Waals surface area contributed by atoms with Gasteiger partial charge in [0.1, 0.15) is 5.75 Å². The number of aryl methyl sites for hydroxylation is 1. The van der Waals surface area contributed by atoms with Crippen LogP contribution in [0.3, 0.4) is 0 Å². The fourth-order valence-corrected chi connectivity index (χ4v) is 4.09. The zero-order chi connectivity index (χ0) is 26.6. The van der Waals surface area contributed by atoms with Crippen LogP contribution in [0.5, 0.6) is 11.5 Å². The van der Waals surface area contributed by atoms with Gasteiger partial charge in [0, 0.05) is 11.3 Å². The van der Waals surface area contributed by atoms with Crippen molar-refractivity contribution in [3.8, 4) is 22.6 Å². The quantitative estimate of drug-likeness (QED) is 0.253. The van der Waals surface area contributed by atoms with Gasteiger partial charge in [-0.15, -0.1) is 0 Å². The maximum absolute atomic E-state index is 13.0. The van der Waals surface area contributed by atoms with Crippen LogP contribution in [0.2, 0.25) is 0 Å². The number of carboxylic acid groups (broad SMARTS) is 1. The Bertz CT molecular complexity index is 1450. The highest BCUT2D eigenvalue weighted by molar-refractivity contribution is 6.02. The van der Waals surface area contributed by atoms with Gasteiger partial charge in [-0.05, 0) is 59.4 Å². The largest absolute Gasteiger partial charge is 0.478 e. The van der Waals surface area contributed by atoms with E-state index < -0.39 is 12.0 Å². The molecule has 0 bridgehead atoms. The molecule has 2 amide bonds. The number of carbonyl (C=O) groups is 2. The molecule has 0 radical (unpaired) electrons. The van der Waals surface area contributed by atoms with Crippen LogP contribution >= 0.6 is 0 Å². The van der Waals surface area contributed by atoms with Gasteiger partial charge in [-0.1, -0.05) is 81.4 Å². The predicted octanol–water partition coefficient (Wildman–Crippen LogP) is 8.09. The average molecular weight is 495 g/mol. The zero-order valence-corrected chi connectivity index (χ0v) is 21.3. The number of amides is 2. The fourth-order valence-electron chi connectivity index (χ4n) is 4.09. The van der Waals surface area contributed by atoms with E-state index in [-0.39, 0.29) is 11.0 Å². The van der Waals surface area contributed by atoms with Gasteiger partial charge < -0.3 is 20.5 Å². The van der Waals surface area contributed by atoms with Crippen molar-refractivity contribution >= 4 is 23.4 Å². The van der Waals surface area contributed by atoms with Crippen LogP contribution in [-0.2, 0) is 5.41 Å². The van der Waals surface area contributed by atoms with Gasteiger partial charge in [0.2, 0.25) is 0 Å². The second-order valence-corrected chi connectivity index (χ2v) is 9.80. The van der Waals surface area contributed by atoms with Crippen molar-refractivity contribution in [2.45, 2.75) is 33.1 Å². The van der Waals surface area contributed by atoms with Gasteiger partial charge in [-0.25, -0.2) is 9.59 Å². The normalized spacial score (nSPS) is 11.0. The van der Waals surface area contributed by atoms with Gasteiger partial charge in [-0.3, -0.25) is 0 Å². The van der Waals surface area contributed by atoms with Crippen LogP contribution in [0.1, 0.15) is 42.3 Å². The van der Waals surface area contributed by atoms with E-state index in [1.165, 1.54) is 0 Å². The molecule has 37 heavy (non-hydrogen) atoms. The summed E-state index contributed by atoms with van der Waals surface area (Å²) in [6, 6.07) is 26.9. The Morgan fingerprint density at radius 1 is 0.757 bits per heavy atom. The molecule has 0 aromatic heterocycles. The molecular weight excluding hydrogens is 464 g/mol. The van der Waals surface area contributed by atoms with Crippen LogP contribution in [0.15, 0.2) is 91.0 Å². The predicted molar refractivity (Wildman–Crippen MR) is 148 cm³/mol. The number of aromatic carboxylic acids is 1. The summed E-state index contributed by atoms with van der Waals surface area (Å²) in [5, 5.41) is 15.5. The maximum Gasteiger partial charge on any atom is 0.336 e. The highest BCUT2D eigenvalue weighted by Gasteiger charge is 2.21. The number of benzene rings is 4. The first-order valence-corrected chi connectivity index (χ1v) is 12.0. The number of nitrogens with one attached hydrogen (secondary N) is 2. The average Bonchev–Trinajstić information content (AvgIpc) is 2.86. The SMILES string of the molecule is Cc1ccccc1NC(=O)Nc1cc(-c2ccccc2C(=O)O)ccc1Oc1ccccc1C(C)(C)C. The molecule has 0 saturated carbocycles. The van der Waals surface area contributed by atoms with Crippen molar-refractivity contribution in [1.29, 1.82) is 0 Å². The van der Waals surface area contributed by atoms with Crippen molar-refractivity contribution in [2.75, 3.05) is 10.6 Å². The molecule has 4 aromatic carbocycles. The zero-order valence-electron chi connectivity index (χ0n) is 21.3. The molecule has 0 atom stereocenters. The summed E-state index contributed by atoms with van der Waals surface area (Å²) in [6.45, 7) is 8.23. The standard InChI is InChI=1S/C31H30N2O4/c1-20-11-5-9-15-25(20)32-30(36)33-26-19-21(22-12-6-7-13-23(22)29(34)35)17-18-28(26)37-27-16-10-8-14-24(27)31(2,3)4/h5-19H,1-4H3,(H,34,35)(H2,32,33,36). The molecule has 0 aliphatic heterocycles. The molecule has 3 N–H and O–H groups in total. The second-order valence-electron chi connectivity index (χ2n) is 9.80. The smallest absolute Gasteiger partial charge is 0.336 e. The summed E-state index contributed by atoms with van der Waals surface area (Å²) in [5.41, 5.74) is 4.24. The summed E-state index contributed by atoms with van der Waals surface area (Å²) in [6.07, 6.45) is 0. The first kappa shape index (κ1) is 25.5. The second kappa shape index (κ2) is 10.6. The van der Waals surface area contributed by atoms with E-state index >= 15 is 0 Å². The lowest BCUT2D eigenvalue weighted by Gasteiger charge is -2.23. The Morgan fingerprint density at radius 3 is 2.14 bits per heavy atom. The lowest BCUT2D eigenvalue weighted by molar-refractivity contribution is 0.0697. The number of rotatable bonds is 6. The Labute approximate surface area is 216 Å². The number of carbonyl (C=O) groups excluding carboxylic acids is 1. The number of anilines is 2. The van der Waals surface area contributed by atoms with Crippen molar-refractivity contribution in [3.63, 3.8) is 0 Å². The van der Waals surface area contributed by atoms with Crippen LogP contribution in [-0.4, -0.2) is 17.1 Å². The lowest BCUT2D eigenvalue weighted by Crippen LogP contribution is -2.20. The molecule has 0 spiro atoms. The molecule has 6 nitrogen and oxygen atoms in total. The Hall–Kier alpha value is -4.58. The van der Waals surface area contributed by atoms with Gasteiger partial charge >= 0.3 is 12.0 Å². The van der Waals surface area contributed by atoms with E-state index in [0.29, 0.717) is 34.0 Å². The van der Waals surface area contributed by atoms with E-state index in [1.807, 2.05) is 55.5 Å². The minimum absolute atomic E-state index is 0.160. The first-order chi connectivity index (χ1) is 17.6. The van der Waals surface area contributed by atoms with Crippen LogP contribution < -0.4 is 15.4 Å². The van der Waals surface area contributed by atoms with Crippen molar-refractivity contribution in [3.05, 3.63) is 108 Å². The summed E-state index contributed by atoms with van der Waals surface area (Å²) < 4.78 is 6.35. The summed E-state index contributed by atoms with van der Waals surface area (Å²) in [5.74, 6) is 0.0890. The van der Waals surface area contributed by atoms with E-state index in [0.717, 1.165) is 11.1 Å². The van der Waals surface area contributed by atoms with Crippen molar-refractivity contribution in [2.24, 2.45) is 0 Å². The number of urea groups is 1. The molecule has 6 heteroatoms. The molecule has 188 valence electrons. The third kappa shape index (κ3) is 5.98. The Morgan fingerprint density at radius 2 is 1.41 bits per heavy atom. The number of ether oxygens (including phenoxy) is 1. The van der Waals surface area contributed by atoms with Crippen LogP contribution in [0.4, 0.5) is 16.2 Å². The van der Waals surface area contributed by atoms with E-state index in [4.69, 9.17) is 4.74 Å². The molecule has 0 saturated heterocycles. The minimum atomic E-state index is -1.03. The number of carboxylic acids is 1. The fraction of sp³-hybridized carbons (Fsp3) is 0.161. The van der Waals surface area contributed by atoms with Gasteiger partial charge in [0.05, 0.1) is 11.3 Å². The molecular formula is C31H30N2O4. The molecule has 0 fully saturated rings. The van der Waals surface area contributed by atoms with Crippen molar-refractivity contribution in [1.82, 2.24) is 0 Å². The summed E-state index contributed by atoms with van der Waals surface area (Å²) >= 11 is 0. The van der Waals surface area contributed by atoms with Gasteiger partial charge in [-0.2, -0.15) is 0 Å². The third-order valence-electron chi connectivity index (χ3n) is 6.00. The molecule has 0 aliphatic carbocycles. The highest BCUT2D eigenvalue weighted by atomic mass is 16.5. The molecule has 0 unspecified atom stereocenters. The Balaban J connectivity index is 1.75. The number of hydrogen-bond donors (Lipinski definition) is 3. The minimum Gasteiger partial charge on any atom is -0.478 e. The maximum atomic E-state index is 13.0. The Kier molecular flexibility index (Phi) is 7.30. The molecule has 0 heterocycles. The highest BCUT2D eigenvalue weighted by Crippen LogP contribution is 2.39. The summed E-state index contributed by atoms with van der Waals surface area (Å²) in [7, 11) is 0. The van der Waals surface area contributed by atoms with Gasteiger partial charge in [0.15, 0.2) is 5.75 Å².